The highest BCUT2D eigenvalue weighted by Gasteiger charge is 2.43. The third-order valence-electron chi connectivity index (χ3n) is 6.15. The predicted octanol–water partition coefficient (Wildman–Crippen LogP) is 5.43. The van der Waals surface area contributed by atoms with Gasteiger partial charge < -0.3 is 9.16 Å². The van der Waals surface area contributed by atoms with Crippen molar-refractivity contribution in [1.29, 1.82) is 0 Å². The second-order valence-electron chi connectivity index (χ2n) is 9.47. The van der Waals surface area contributed by atoms with E-state index in [1.54, 1.807) is 30.3 Å². The molecular weight excluding hydrogens is 400 g/mol. The Labute approximate surface area is 178 Å². The van der Waals surface area contributed by atoms with Crippen molar-refractivity contribution in [2.45, 2.75) is 74.4 Å². The van der Waals surface area contributed by atoms with Crippen molar-refractivity contribution in [2.75, 3.05) is 13.2 Å². The van der Waals surface area contributed by atoms with Gasteiger partial charge in [0.15, 0.2) is 18.2 Å². The van der Waals surface area contributed by atoms with Crippen LogP contribution in [-0.4, -0.2) is 41.3 Å². The summed E-state index contributed by atoms with van der Waals surface area (Å²) >= 11 is 0. The van der Waals surface area contributed by atoms with E-state index in [-0.39, 0.29) is 17.1 Å². The van der Waals surface area contributed by atoms with E-state index in [1.807, 2.05) is 12.5 Å². The Hall–Kier alpha value is -0.953. The van der Waals surface area contributed by atoms with Crippen molar-refractivity contribution < 1.29 is 17.6 Å². The molecule has 6 heteroatoms. The van der Waals surface area contributed by atoms with E-state index in [0.29, 0.717) is 24.5 Å². The minimum atomic E-state index is -3.43. The Morgan fingerprint density at radius 3 is 2.41 bits per heavy atom. The summed E-state index contributed by atoms with van der Waals surface area (Å²) in [6, 6.07) is 8.76. The first-order valence-electron chi connectivity index (χ1n) is 10.5. The summed E-state index contributed by atoms with van der Waals surface area (Å²) in [7, 11) is -5.42. The van der Waals surface area contributed by atoms with Crippen LogP contribution in [0.3, 0.4) is 0 Å². The summed E-state index contributed by atoms with van der Waals surface area (Å²) in [6.07, 6.45) is 5.88. The lowest BCUT2D eigenvalue weighted by molar-refractivity contribution is 0.104. The fraction of sp³-hybridized carbons (Fsp3) is 0.609. The zero-order chi connectivity index (χ0) is 21.7. The Balaban J connectivity index is 2.20. The Morgan fingerprint density at radius 1 is 1.17 bits per heavy atom. The van der Waals surface area contributed by atoms with E-state index in [2.05, 4.69) is 40.4 Å². The smallest absolute Gasteiger partial charge is 0.192 e. The highest BCUT2D eigenvalue weighted by molar-refractivity contribution is 7.92. The molecule has 163 valence electrons. The maximum absolute atomic E-state index is 13.3. The van der Waals surface area contributed by atoms with Gasteiger partial charge in [-0.3, -0.25) is 0 Å². The molecule has 1 aliphatic carbocycles. The van der Waals surface area contributed by atoms with E-state index < -0.39 is 23.4 Å². The van der Waals surface area contributed by atoms with Crippen LogP contribution in [0.1, 0.15) is 40.0 Å². The Morgan fingerprint density at radius 2 is 1.83 bits per heavy atom. The lowest BCUT2D eigenvalue weighted by atomic mass is 9.85. The molecule has 2 unspecified atom stereocenters. The van der Waals surface area contributed by atoms with Gasteiger partial charge >= 0.3 is 0 Å². The summed E-state index contributed by atoms with van der Waals surface area (Å²) in [5.41, 5.74) is 0. The molecule has 0 bridgehead atoms. The Kier molecular flexibility index (Phi) is 8.30. The zero-order valence-electron chi connectivity index (χ0n) is 18.6. The molecule has 1 fully saturated rings. The quantitative estimate of drug-likeness (QED) is 0.294. The van der Waals surface area contributed by atoms with Gasteiger partial charge in [0.2, 0.25) is 0 Å². The van der Waals surface area contributed by atoms with Gasteiger partial charge in [-0.05, 0) is 61.9 Å². The highest BCUT2D eigenvalue weighted by atomic mass is 32.2. The first-order chi connectivity index (χ1) is 13.5. The van der Waals surface area contributed by atoms with Gasteiger partial charge in [0.1, 0.15) is 0 Å². The third kappa shape index (κ3) is 6.51. The van der Waals surface area contributed by atoms with Crippen LogP contribution >= 0.6 is 0 Å². The topological polar surface area (TPSA) is 52.6 Å². The number of hydrogen-bond acceptors (Lipinski definition) is 4. The van der Waals surface area contributed by atoms with E-state index in [1.165, 1.54) is 0 Å². The molecule has 1 saturated carbocycles. The second-order valence-corrected chi connectivity index (χ2v) is 16.4. The van der Waals surface area contributed by atoms with Crippen molar-refractivity contribution >= 4 is 18.2 Å². The molecule has 0 saturated heterocycles. The molecule has 29 heavy (non-hydrogen) atoms. The van der Waals surface area contributed by atoms with Crippen LogP contribution in [0.25, 0.3) is 0 Å². The SMILES string of the molecule is C=CCOCCC1[CH][C@@H](S(=O)(=O)c2ccccc2)CC(O[Si](C)(C)C(C)(C)C)C1. The number of hydrogen-bond donors (Lipinski definition) is 0. The average molecular weight is 438 g/mol. The van der Waals surface area contributed by atoms with Crippen LogP contribution in [-0.2, 0) is 19.0 Å². The van der Waals surface area contributed by atoms with Gasteiger partial charge in [0, 0.05) is 12.7 Å². The van der Waals surface area contributed by atoms with Crippen molar-refractivity contribution in [3.63, 3.8) is 0 Å². The Bertz CT molecular complexity index is 753. The second kappa shape index (κ2) is 9.90. The molecule has 1 aliphatic rings. The molecule has 0 aromatic heterocycles. The summed E-state index contributed by atoms with van der Waals surface area (Å²) in [5.74, 6) is 0.159. The number of benzene rings is 1. The normalized spacial score (nSPS) is 23.7. The van der Waals surface area contributed by atoms with Gasteiger partial charge in [-0.15, -0.1) is 6.58 Å². The maximum atomic E-state index is 13.3. The lowest BCUT2D eigenvalue weighted by Crippen LogP contribution is -2.47. The van der Waals surface area contributed by atoms with E-state index in [9.17, 15) is 8.42 Å². The largest absolute Gasteiger partial charge is 0.414 e. The van der Waals surface area contributed by atoms with Crippen LogP contribution in [0.5, 0.6) is 0 Å². The average Bonchev–Trinajstić information content (AvgIpc) is 2.64. The third-order valence-corrected chi connectivity index (χ3v) is 12.8. The number of ether oxygens (including phenoxy) is 1. The zero-order valence-corrected chi connectivity index (χ0v) is 20.4. The fourth-order valence-corrected chi connectivity index (χ4v) is 6.64. The molecule has 4 nitrogen and oxygen atoms in total. The molecule has 0 spiro atoms. The van der Waals surface area contributed by atoms with Crippen LogP contribution in [0, 0.1) is 12.3 Å². The summed E-state index contributed by atoms with van der Waals surface area (Å²) in [5, 5.41) is -0.442. The van der Waals surface area contributed by atoms with Crippen LogP contribution in [0.15, 0.2) is 47.9 Å². The number of rotatable bonds is 9. The lowest BCUT2D eigenvalue weighted by Gasteiger charge is -2.43. The van der Waals surface area contributed by atoms with Crippen LogP contribution in [0.4, 0.5) is 0 Å². The fourth-order valence-electron chi connectivity index (χ4n) is 3.47. The molecular formula is C23H37O4SSi. The van der Waals surface area contributed by atoms with E-state index in [4.69, 9.17) is 9.16 Å². The van der Waals surface area contributed by atoms with E-state index >= 15 is 0 Å². The van der Waals surface area contributed by atoms with Crippen molar-refractivity contribution in [2.24, 2.45) is 5.92 Å². The van der Waals surface area contributed by atoms with Gasteiger partial charge in [-0.25, -0.2) is 8.42 Å². The first kappa shape index (κ1) is 24.3. The van der Waals surface area contributed by atoms with Crippen molar-refractivity contribution in [3.05, 3.63) is 49.4 Å². The standard InChI is InChI=1S/C23H37O4SSi/c1-7-14-26-15-13-19-16-20(27-29(5,6)23(2,3)4)18-22(17-19)28(24,25)21-11-9-8-10-12-21/h7-12,17,19-20,22H,1,13-16,18H2,2-6H3/t19?,20?,22-/m1/s1. The molecule has 1 radical (unpaired) electrons. The minimum Gasteiger partial charge on any atom is -0.414 e. The van der Waals surface area contributed by atoms with Crippen LogP contribution < -0.4 is 0 Å². The molecule has 0 aliphatic heterocycles. The van der Waals surface area contributed by atoms with Gasteiger partial charge in [-0.1, -0.05) is 45.0 Å². The highest BCUT2D eigenvalue weighted by Crippen LogP contribution is 2.41. The van der Waals surface area contributed by atoms with Crippen molar-refractivity contribution in [1.82, 2.24) is 0 Å². The minimum absolute atomic E-state index is 0.0474. The molecule has 2 rings (SSSR count). The molecule has 1 aromatic rings. The maximum Gasteiger partial charge on any atom is 0.192 e. The van der Waals surface area contributed by atoms with Gasteiger partial charge in [0.25, 0.3) is 0 Å². The molecule has 0 heterocycles. The summed E-state index contributed by atoms with van der Waals surface area (Å²) in [6.45, 7) is 15.9. The number of sulfone groups is 1. The molecule has 0 N–H and O–H groups in total. The van der Waals surface area contributed by atoms with Crippen LogP contribution in [0.2, 0.25) is 18.1 Å². The first-order valence-corrected chi connectivity index (χ1v) is 14.9. The summed E-state index contributed by atoms with van der Waals surface area (Å²) < 4.78 is 38.8. The van der Waals surface area contributed by atoms with E-state index in [0.717, 1.165) is 12.8 Å². The summed E-state index contributed by atoms with van der Waals surface area (Å²) in [4.78, 5) is 0.385. The predicted molar refractivity (Wildman–Crippen MR) is 122 cm³/mol. The molecule has 3 atom stereocenters. The van der Waals surface area contributed by atoms with Gasteiger partial charge in [-0.2, -0.15) is 0 Å². The molecule has 0 amide bonds. The monoisotopic (exact) mass is 437 g/mol. The molecule has 1 aromatic carbocycles. The van der Waals surface area contributed by atoms with Gasteiger partial charge in [0.05, 0.1) is 16.8 Å². The van der Waals surface area contributed by atoms with Crippen molar-refractivity contribution in [3.8, 4) is 0 Å².